The standard InChI is InChI=1S/C60H113NO10/c1-3-5-7-9-11-13-15-17-18-19-20-21-22-23-24-25-26-27-28-29-30-31-32-33-34-35-36-38-40-42-44-46-48-53(64)59(69)61-51(50-70-60-58(68)57(67)56(66)54(49-62)71-60)55(65)52(63)47-45-43-41-39-37-16-14-12-10-8-6-4-2/h12,14,23-24,39,41,51-58,60,62-68H,3-11,13,15-22,25-38,40,42-50H2,1-2H3,(H,61,69)/b14-12+,24-23-,41-39+. The van der Waals surface area contributed by atoms with E-state index in [4.69, 9.17) is 9.47 Å². The topological polar surface area (TPSA) is 189 Å². The van der Waals surface area contributed by atoms with Crippen LogP contribution in [0.15, 0.2) is 36.5 Å². The van der Waals surface area contributed by atoms with Gasteiger partial charge >= 0.3 is 0 Å². The molecule has 0 aromatic heterocycles. The summed E-state index contributed by atoms with van der Waals surface area (Å²) < 4.78 is 11.1. The molecule has 11 heteroatoms. The van der Waals surface area contributed by atoms with Crippen LogP contribution in [0, 0.1) is 0 Å². The van der Waals surface area contributed by atoms with Gasteiger partial charge in [0.15, 0.2) is 6.29 Å². The van der Waals surface area contributed by atoms with Gasteiger partial charge in [0.25, 0.3) is 0 Å². The Kier molecular flexibility index (Phi) is 46.7. The van der Waals surface area contributed by atoms with Crippen molar-refractivity contribution in [2.75, 3.05) is 13.2 Å². The summed E-state index contributed by atoms with van der Waals surface area (Å²) in [5.41, 5.74) is 0. The van der Waals surface area contributed by atoms with Crippen LogP contribution in [0.5, 0.6) is 0 Å². The normalized spacial score (nSPS) is 20.4. The van der Waals surface area contributed by atoms with Crippen LogP contribution in [0.1, 0.15) is 271 Å². The summed E-state index contributed by atoms with van der Waals surface area (Å²) in [5, 5.41) is 75.9. The molecular formula is C60H113NO10. The van der Waals surface area contributed by atoms with Crippen molar-refractivity contribution in [1.82, 2.24) is 5.32 Å². The van der Waals surface area contributed by atoms with Crippen LogP contribution >= 0.6 is 0 Å². The number of unbranched alkanes of at least 4 members (excludes halogenated alkanes) is 33. The molecule has 0 aliphatic carbocycles. The summed E-state index contributed by atoms with van der Waals surface area (Å²) in [6.07, 6.45) is 49.5. The van der Waals surface area contributed by atoms with Gasteiger partial charge in [-0.15, -0.1) is 0 Å². The van der Waals surface area contributed by atoms with E-state index in [2.05, 4.69) is 55.6 Å². The number of amides is 1. The van der Waals surface area contributed by atoms with Gasteiger partial charge in [-0.05, 0) is 77.0 Å². The monoisotopic (exact) mass is 1010 g/mol. The van der Waals surface area contributed by atoms with E-state index >= 15 is 0 Å². The minimum absolute atomic E-state index is 0.246. The number of aliphatic hydroxyl groups excluding tert-OH is 7. The molecule has 8 N–H and O–H groups in total. The highest BCUT2D eigenvalue weighted by atomic mass is 16.7. The lowest BCUT2D eigenvalue weighted by Gasteiger charge is -2.40. The molecule has 1 heterocycles. The molecule has 71 heavy (non-hydrogen) atoms. The van der Waals surface area contributed by atoms with Gasteiger partial charge in [-0.2, -0.15) is 0 Å². The number of rotatable bonds is 51. The molecule has 11 nitrogen and oxygen atoms in total. The molecule has 9 atom stereocenters. The Bertz CT molecular complexity index is 1250. The number of ether oxygens (including phenoxy) is 2. The van der Waals surface area contributed by atoms with Crippen LogP contribution in [-0.4, -0.2) is 110 Å². The number of allylic oxidation sites excluding steroid dienone is 6. The van der Waals surface area contributed by atoms with Crippen LogP contribution < -0.4 is 5.32 Å². The quantitative estimate of drug-likeness (QED) is 0.0215. The van der Waals surface area contributed by atoms with E-state index in [9.17, 15) is 40.5 Å². The van der Waals surface area contributed by atoms with Gasteiger partial charge in [0, 0.05) is 0 Å². The van der Waals surface area contributed by atoms with Crippen molar-refractivity contribution < 1.29 is 50.0 Å². The molecule has 1 rings (SSSR count). The molecule has 0 radical (unpaired) electrons. The highest BCUT2D eigenvalue weighted by Gasteiger charge is 2.44. The molecule has 0 aromatic carbocycles. The summed E-state index contributed by atoms with van der Waals surface area (Å²) in [6, 6.07) is -1.19. The minimum Gasteiger partial charge on any atom is -0.394 e. The maximum Gasteiger partial charge on any atom is 0.249 e. The first-order valence-corrected chi connectivity index (χ1v) is 29.9. The van der Waals surface area contributed by atoms with Gasteiger partial charge in [-0.3, -0.25) is 4.79 Å². The van der Waals surface area contributed by atoms with Crippen molar-refractivity contribution in [3.05, 3.63) is 36.5 Å². The molecule has 1 fully saturated rings. The van der Waals surface area contributed by atoms with Crippen LogP contribution in [-0.2, 0) is 14.3 Å². The van der Waals surface area contributed by atoms with E-state index in [0.717, 1.165) is 38.5 Å². The Hall–Kier alpha value is -1.67. The fourth-order valence-corrected chi connectivity index (χ4v) is 9.51. The van der Waals surface area contributed by atoms with Crippen molar-refractivity contribution in [3.8, 4) is 0 Å². The van der Waals surface area contributed by atoms with Crippen molar-refractivity contribution >= 4 is 5.91 Å². The van der Waals surface area contributed by atoms with Gasteiger partial charge in [0.1, 0.15) is 36.6 Å². The van der Waals surface area contributed by atoms with E-state index in [1.807, 2.05) is 0 Å². The number of aliphatic hydroxyl groups is 7. The van der Waals surface area contributed by atoms with Crippen LogP contribution in [0.2, 0.25) is 0 Å². The van der Waals surface area contributed by atoms with E-state index in [-0.39, 0.29) is 12.8 Å². The fourth-order valence-electron chi connectivity index (χ4n) is 9.51. The van der Waals surface area contributed by atoms with Gasteiger partial charge in [0.05, 0.1) is 25.4 Å². The second kappa shape index (κ2) is 49.2. The van der Waals surface area contributed by atoms with Crippen molar-refractivity contribution in [2.45, 2.75) is 326 Å². The zero-order valence-electron chi connectivity index (χ0n) is 45.7. The first-order valence-electron chi connectivity index (χ1n) is 29.9. The molecule has 1 saturated heterocycles. The second-order valence-corrected chi connectivity index (χ2v) is 21.0. The smallest absolute Gasteiger partial charge is 0.249 e. The molecule has 1 aliphatic rings. The first-order chi connectivity index (χ1) is 34.7. The van der Waals surface area contributed by atoms with E-state index in [0.29, 0.717) is 19.3 Å². The molecular weight excluding hydrogens is 895 g/mol. The highest BCUT2D eigenvalue weighted by molar-refractivity contribution is 5.80. The number of hydrogen-bond acceptors (Lipinski definition) is 10. The second-order valence-electron chi connectivity index (χ2n) is 21.0. The largest absolute Gasteiger partial charge is 0.394 e. The van der Waals surface area contributed by atoms with Crippen LogP contribution in [0.25, 0.3) is 0 Å². The predicted octanol–water partition coefficient (Wildman–Crippen LogP) is 12.7. The Morgan fingerprint density at radius 1 is 0.479 bits per heavy atom. The average Bonchev–Trinajstić information content (AvgIpc) is 3.37. The third kappa shape index (κ3) is 37.7. The molecule has 9 unspecified atom stereocenters. The first kappa shape index (κ1) is 67.3. The number of hydrogen-bond donors (Lipinski definition) is 8. The predicted molar refractivity (Wildman–Crippen MR) is 293 cm³/mol. The Balaban J connectivity index is 2.19. The van der Waals surface area contributed by atoms with Crippen molar-refractivity contribution in [1.29, 1.82) is 0 Å². The zero-order chi connectivity index (χ0) is 51.8. The maximum absolute atomic E-state index is 13.2. The van der Waals surface area contributed by atoms with Gasteiger partial charge < -0.3 is 50.5 Å². The summed E-state index contributed by atoms with van der Waals surface area (Å²) >= 11 is 0. The van der Waals surface area contributed by atoms with Gasteiger partial charge in [0.2, 0.25) is 5.91 Å². The Morgan fingerprint density at radius 2 is 0.845 bits per heavy atom. The van der Waals surface area contributed by atoms with E-state index < -0.39 is 74.2 Å². The molecule has 0 aromatic rings. The lowest BCUT2D eigenvalue weighted by Crippen LogP contribution is -2.60. The lowest BCUT2D eigenvalue weighted by atomic mass is 9.98. The highest BCUT2D eigenvalue weighted by Crippen LogP contribution is 2.23. The maximum atomic E-state index is 13.2. The zero-order valence-corrected chi connectivity index (χ0v) is 45.7. The fraction of sp³-hybridized carbons (Fsp3) is 0.883. The summed E-state index contributed by atoms with van der Waals surface area (Å²) in [6.45, 7) is 3.41. The van der Waals surface area contributed by atoms with E-state index in [1.54, 1.807) is 0 Å². The summed E-state index contributed by atoms with van der Waals surface area (Å²) in [4.78, 5) is 13.2. The molecule has 0 saturated carbocycles. The third-order valence-corrected chi connectivity index (χ3v) is 14.4. The molecule has 1 amide bonds. The van der Waals surface area contributed by atoms with Crippen molar-refractivity contribution in [3.63, 3.8) is 0 Å². The van der Waals surface area contributed by atoms with Gasteiger partial charge in [-0.25, -0.2) is 0 Å². The lowest BCUT2D eigenvalue weighted by molar-refractivity contribution is -0.303. The third-order valence-electron chi connectivity index (χ3n) is 14.4. The van der Waals surface area contributed by atoms with E-state index in [1.165, 1.54) is 186 Å². The summed E-state index contributed by atoms with van der Waals surface area (Å²) in [7, 11) is 0. The molecule has 418 valence electrons. The molecule has 1 aliphatic heterocycles. The minimum atomic E-state index is -1.67. The van der Waals surface area contributed by atoms with Crippen molar-refractivity contribution in [2.24, 2.45) is 0 Å². The van der Waals surface area contributed by atoms with Crippen LogP contribution in [0.3, 0.4) is 0 Å². The number of carbonyl (C=O) groups excluding carboxylic acids is 1. The SMILES string of the molecule is CCCCC/C=C/CC/C=C/CCCC(O)C(O)C(COC1OC(CO)C(O)C(O)C1O)NC(=O)C(O)CCCCCCCCCCCCCCCCCC/C=C\CCCCCCCCCCCCCC. The summed E-state index contributed by atoms with van der Waals surface area (Å²) in [5.74, 6) is -0.709. The number of carbonyl (C=O) groups is 1. The Morgan fingerprint density at radius 3 is 1.28 bits per heavy atom. The van der Waals surface area contributed by atoms with Crippen LogP contribution in [0.4, 0.5) is 0 Å². The molecule has 0 bridgehead atoms. The number of nitrogens with one attached hydrogen (secondary N) is 1. The van der Waals surface area contributed by atoms with Gasteiger partial charge in [-0.1, -0.05) is 230 Å². The molecule has 0 spiro atoms. The average molecular weight is 1010 g/mol. The Labute approximate surface area is 435 Å².